The van der Waals surface area contributed by atoms with Crippen LogP contribution in [0.2, 0.25) is 0 Å². The van der Waals surface area contributed by atoms with Gasteiger partial charge in [0.15, 0.2) is 0 Å². The predicted octanol–water partition coefficient (Wildman–Crippen LogP) is 0.813. The van der Waals surface area contributed by atoms with Gasteiger partial charge < -0.3 is 14.6 Å². The average molecular weight is 393 g/mol. The van der Waals surface area contributed by atoms with Crippen molar-refractivity contribution in [1.29, 1.82) is 0 Å². The number of carbonyl (C=O) groups is 1. The molecule has 1 fully saturated rings. The molecule has 3 rings (SSSR count). The van der Waals surface area contributed by atoms with Gasteiger partial charge >= 0.3 is 11.8 Å². The lowest BCUT2D eigenvalue weighted by Crippen LogP contribution is -2.31. The van der Waals surface area contributed by atoms with Gasteiger partial charge in [-0.05, 0) is 51.2 Å². The molecule has 2 heterocycles. The maximum atomic E-state index is 12.5. The van der Waals surface area contributed by atoms with E-state index in [1.165, 1.54) is 16.4 Å². The van der Waals surface area contributed by atoms with Gasteiger partial charge in [-0.15, -0.1) is 10.2 Å². The highest BCUT2D eigenvalue weighted by Gasteiger charge is 2.27. The Morgan fingerprint density at radius 3 is 2.48 bits per heavy atom. The van der Waals surface area contributed by atoms with Gasteiger partial charge in [-0.1, -0.05) is 0 Å². The molecule has 0 unspecified atom stereocenters. The number of hydrogen-bond acceptors (Lipinski definition) is 7. The van der Waals surface area contributed by atoms with Gasteiger partial charge in [0.25, 0.3) is 0 Å². The van der Waals surface area contributed by atoms with Crippen molar-refractivity contribution in [2.75, 3.05) is 40.3 Å². The summed E-state index contributed by atoms with van der Waals surface area (Å²) in [6.07, 6.45) is 1.78. The van der Waals surface area contributed by atoms with Crippen LogP contribution >= 0.6 is 0 Å². The third-order valence-electron chi connectivity index (χ3n) is 4.27. The molecule has 146 valence electrons. The molecule has 0 atom stereocenters. The van der Waals surface area contributed by atoms with Gasteiger partial charge in [-0.3, -0.25) is 4.79 Å². The topological polar surface area (TPSA) is 109 Å². The molecule has 2 aromatic rings. The van der Waals surface area contributed by atoms with Crippen LogP contribution in [-0.2, 0) is 10.0 Å². The number of likely N-dealkylation sites (N-methyl/N-ethyl adjacent to an activating group) is 1. The second-order valence-corrected chi connectivity index (χ2v) is 8.55. The highest BCUT2D eigenvalue weighted by molar-refractivity contribution is 7.89. The van der Waals surface area contributed by atoms with Crippen molar-refractivity contribution in [1.82, 2.24) is 24.7 Å². The van der Waals surface area contributed by atoms with Crippen LogP contribution in [0.3, 0.4) is 0 Å². The fourth-order valence-electron chi connectivity index (χ4n) is 2.75. The fraction of sp³-hybridized carbons (Fsp3) is 0.471. The van der Waals surface area contributed by atoms with Crippen LogP contribution in [0.15, 0.2) is 33.6 Å². The van der Waals surface area contributed by atoms with Crippen molar-refractivity contribution >= 4 is 15.9 Å². The van der Waals surface area contributed by atoms with Gasteiger partial charge in [0.1, 0.15) is 0 Å². The Labute approximate surface area is 158 Å². The lowest BCUT2D eigenvalue weighted by Gasteiger charge is -2.15. The monoisotopic (exact) mass is 393 g/mol. The Balaban J connectivity index is 1.69. The average Bonchev–Trinajstić information content (AvgIpc) is 3.34. The zero-order chi connectivity index (χ0) is 19.4. The first kappa shape index (κ1) is 19.5. The normalized spacial score (nSPS) is 15.4. The highest BCUT2D eigenvalue weighted by atomic mass is 32.2. The van der Waals surface area contributed by atoms with E-state index in [0.29, 0.717) is 31.7 Å². The van der Waals surface area contributed by atoms with Crippen molar-refractivity contribution in [3.05, 3.63) is 30.2 Å². The predicted molar refractivity (Wildman–Crippen MR) is 98.6 cm³/mol. The van der Waals surface area contributed by atoms with Crippen molar-refractivity contribution in [2.45, 2.75) is 17.7 Å². The summed E-state index contributed by atoms with van der Waals surface area (Å²) in [6, 6.07) is 6.24. The lowest BCUT2D eigenvalue weighted by molar-refractivity contribution is 0.0917. The number of amides is 1. The number of hydrogen-bond donors (Lipinski definition) is 1. The Morgan fingerprint density at radius 2 is 1.85 bits per heavy atom. The van der Waals surface area contributed by atoms with Crippen molar-refractivity contribution in [2.24, 2.45) is 0 Å². The standard InChI is InChI=1S/C17H23N5O4S/c1-21(2)12-9-18-15(23)17-20-19-16(26-17)13-5-7-14(8-6-13)27(24,25)22-10-3-4-11-22/h5-8H,3-4,9-12H2,1-2H3,(H,18,23). The molecule has 0 aliphatic carbocycles. The van der Waals surface area contributed by atoms with Crippen LogP contribution in [0.1, 0.15) is 23.5 Å². The minimum Gasteiger partial charge on any atom is -0.412 e. The van der Waals surface area contributed by atoms with Crippen LogP contribution < -0.4 is 5.32 Å². The third kappa shape index (κ3) is 4.52. The molecular formula is C17H23N5O4S. The first-order valence-electron chi connectivity index (χ1n) is 8.75. The van der Waals surface area contributed by atoms with Crippen LogP contribution in [0.5, 0.6) is 0 Å². The summed E-state index contributed by atoms with van der Waals surface area (Å²) in [5.41, 5.74) is 0.551. The molecule has 0 saturated carbocycles. The molecule has 0 spiro atoms. The van der Waals surface area contributed by atoms with Crippen molar-refractivity contribution in [3.63, 3.8) is 0 Å². The van der Waals surface area contributed by atoms with E-state index in [2.05, 4.69) is 15.5 Å². The maximum Gasteiger partial charge on any atom is 0.308 e. The Kier molecular flexibility index (Phi) is 5.88. The number of carbonyl (C=O) groups excluding carboxylic acids is 1. The first-order valence-corrected chi connectivity index (χ1v) is 10.2. The number of nitrogens with zero attached hydrogens (tertiary/aromatic N) is 4. The molecule has 0 bridgehead atoms. The molecule has 9 nitrogen and oxygen atoms in total. The van der Waals surface area contributed by atoms with Gasteiger partial charge in [-0.2, -0.15) is 4.31 Å². The van der Waals surface area contributed by atoms with E-state index in [9.17, 15) is 13.2 Å². The molecule has 27 heavy (non-hydrogen) atoms. The number of rotatable bonds is 7. The largest absolute Gasteiger partial charge is 0.412 e. The molecule has 1 N–H and O–H groups in total. The number of benzene rings is 1. The maximum absolute atomic E-state index is 12.5. The van der Waals surface area contributed by atoms with Crippen LogP contribution in [0.25, 0.3) is 11.5 Å². The molecule has 1 saturated heterocycles. The Bertz CT molecular complexity index is 886. The minimum absolute atomic E-state index is 0.127. The molecule has 1 aromatic heterocycles. The van der Waals surface area contributed by atoms with E-state index in [1.54, 1.807) is 12.1 Å². The fourth-order valence-corrected chi connectivity index (χ4v) is 4.26. The molecule has 1 aliphatic heterocycles. The molecule has 1 amide bonds. The summed E-state index contributed by atoms with van der Waals surface area (Å²) >= 11 is 0. The van der Waals surface area contributed by atoms with Crippen LogP contribution in [-0.4, -0.2) is 74.0 Å². The Morgan fingerprint density at radius 1 is 1.19 bits per heavy atom. The smallest absolute Gasteiger partial charge is 0.308 e. The summed E-state index contributed by atoms with van der Waals surface area (Å²) in [5, 5.41) is 10.3. The van der Waals surface area contributed by atoms with E-state index >= 15 is 0 Å². The molecule has 1 aromatic carbocycles. The van der Waals surface area contributed by atoms with E-state index in [1.807, 2.05) is 19.0 Å². The molecular weight excluding hydrogens is 370 g/mol. The van der Waals surface area contributed by atoms with Gasteiger partial charge in [0.05, 0.1) is 4.90 Å². The summed E-state index contributed by atoms with van der Waals surface area (Å²) in [6.45, 7) is 2.27. The number of sulfonamides is 1. The minimum atomic E-state index is -3.46. The molecule has 1 aliphatic rings. The van der Waals surface area contributed by atoms with Gasteiger partial charge in [0, 0.05) is 31.7 Å². The highest BCUT2D eigenvalue weighted by Crippen LogP contribution is 2.24. The van der Waals surface area contributed by atoms with E-state index in [0.717, 1.165) is 12.8 Å². The summed E-state index contributed by atoms with van der Waals surface area (Å²) < 4.78 is 32.0. The Hall–Kier alpha value is -2.30. The van der Waals surface area contributed by atoms with Crippen LogP contribution in [0.4, 0.5) is 0 Å². The van der Waals surface area contributed by atoms with Gasteiger partial charge in [0.2, 0.25) is 15.9 Å². The SMILES string of the molecule is CN(C)CCNC(=O)c1nnc(-c2ccc(S(=O)(=O)N3CCCC3)cc2)o1. The van der Waals surface area contributed by atoms with Gasteiger partial charge in [-0.25, -0.2) is 8.42 Å². The summed E-state index contributed by atoms with van der Waals surface area (Å²) in [4.78, 5) is 14.2. The summed E-state index contributed by atoms with van der Waals surface area (Å²) in [7, 11) is 0.350. The number of aromatic nitrogens is 2. The quantitative estimate of drug-likeness (QED) is 0.741. The first-order chi connectivity index (χ1) is 12.9. The van der Waals surface area contributed by atoms with E-state index in [4.69, 9.17) is 4.42 Å². The number of nitrogens with one attached hydrogen (secondary N) is 1. The van der Waals surface area contributed by atoms with Crippen LogP contribution in [0, 0.1) is 0 Å². The second kappa shape index (κ2) is 8.15. The zero-order valence-electron chi connectivity index (χ0n) is 15.4. The van der Waals surface area contributed by atoms with Crippen molar-refractivity contribution < 1.29 is 17.6 Å². The molecule has 0 radical (unpaired) electrons. The zero-order valence-corrected chi connectivity index (χ0v) is 16.2. The summed E-state index contributed by atoms with van der Waals surface area (Å²) in [5.74, 6) is -0.403. The van der Waals surface area contributed by atoms with Crippen molar-refractivity contribution in [3.8, 4) is 11.5 Å². The lowest BCUT2D eigenvalue weighted by atomic mass is 10.2. The second-order valence-electron chi connectivity index (χ2n) is 6.61. The molecule has 10 heteroatoms. The third-order valence-corrected chi connectivity index (χ3v) is 6.18. The van der Waals surface area contributed by atoms with E-state index < -0.39 is 15.9 Å². The van der Waals surface area contributed by atoms with E-state index in [-0.39, 0.29) is 16.7 Å².